The second-order valence-electron chi connectivity index (χ2n) is 7.12. The van der Waals surface area contributed by atoms with E-state index in [0.717, 1.165) is 30.3 Å². The van der Waals surface area contributed by atoms with Gasteiger partial charge in [0.1, 0.15) is 18.0 Å². The molecule has 0 aliphatic heterocycles. The van der Waals surface area contributed by atoms with Crippen LogP contribution in [0.25, 0.3) is 5.69 Å². The van der Waals surface area contributed by atoms with Crippen molar-refractivity contribution in [3.05, 3.63) is 92.9 Å². The van der Waals surface area contributed by atoms with Crippen molar-refractivity contribution >= 4 is 5.91 Å². The van der Waals surface area contributed by atoms with E-state index in [4.69, 9.17) is 5.11 Å². The molecule has 2 aromatic carbocycles. The number of hydrogen-bond donors (Lipinski definition) is 2. The summed E-state index contributed by atoms with van der Waals surface area (Å²) >= 11 is 0. The maximum absolute atomic E-state index is 14.1. The lowest BCUT2D eigenvalue weighted by Gasteiger charge is -2.22. The monoisotopic (exact) mass is 449 g/mol. The number of aliphatic hydroxyl groups is 1. The van der Waals surface area contributed by atoms with Gasteiger partial charge in [-0.15, -0.1) is 0 Å². The number of carbonyl (C=O) groups excluding carboxylic acids is 1. The first-order valence-electron chi connectivity index (χ1n) is 9.51. The van der Waals surface area contributed by atoms with Crippen LogP contribution in [0.3, 0.4) is 0 Å². The fourth-order valence-corrected chi connectivity index (χ4v) is 3.34. The van der Waals surface area contributed by atoms with Crippen LogP contribution < -0.4 is 10.9 Å². The Morgan fingerprint density at radius 1 is 1.12 bits per heavy atom. The van der Waals surface area contributed by atoms with E-state index in [9.17, 15) is 27.2 Å². The fourth-order valence-electron chi connectivity index (χ4n) is 3.34. The van der Waals surface area contributed by atoms with Crippen LogP contribution >= 0.6 is 0 Å². The second-order valence-corrected chi connectivity index (χ2v) is 7.12. The minimum Gasteiger partial charge on any atom is -0.390 e. The third-order valence-corrected chi connectivity index (χ3v) is 4.96. The van der Waals surface area contributed by atoms with E-state index in [-0.39, 0.29) is 16.8 Å². The molecule has 168 valence electrons. The Labute approximate surface area is 180 Å². The zero-order valence-corrected chi connectivity index (χ0v) is 17.1. The molecule has 0 aliphatic rings. The highest BCUT2D eigenvalue weighted by molar-refractivity contribution is 5.92. The number of amides is 1. The lowest BCUT2D eigenvalue weighted by Crippen LogP contribution is -2.31. The summed E-state index contributed by atoms with van der Waals surface area (Å²) in [5.74, 6) is -6.32. The van der Waals surface area contributed by atoms with Gasteiger partial charge >= 0.3 is 0 Å². The van der Waals surface area contributed by atoms with Crippen LogP contribution in [0.15, 0.2) is 53.3 Å². The summed E-state index contributed by atoms with van der Waals surface area (Å²) in [7, 11) is 0. The summed E-state index contributed by atoms with van der Waals surface area (Å²) in [4.78, 5) is 24.8. The number of aliphatic hydroxyl groups excluding tert-OH is 1. The van der Waals surface area contributed by atoms with Crippen molar-refractivity contribution < 1.29 is 27.5 Å². The number of nitrogens with one attached hydrogen (secondary N) is 1. The second kappa shape index (κ2) is 8.91. The van der Waals surface area contributed by atoms with Crippen LogP contribution in [-0.4, -0.2) is 27.4 Å². The van der Waals surface area contributed by atoms with E-state index < -0.39 is 47.4 Å². The van der Waals surface area contributed by atoms with Crippen molar-refractivity contribution in [2.24, 2.45) is 0 Å². The van der Waals surface area contributed by atoms with Crippen molar-refractivity contribution in [3.63, 3.8) is 0 Å². The van der Waals surface area contributed by atoms with Gasteiger partial charge in [0.05, 0.1) is 6.04 Å². The smallest absolute Gasteiger partial charge is 0.296 e. The normalized spacial score (nSPS) is 12.5. The lowest BCUT2D eigenvalue weighted by molar-refractivity contribution is -0.0561. The Morgan fingerprint density at radius 2 is 1.75 bits per heavy atom. The third-order valence-electron chi connectivity index (χ3n) is 4.96. The Bertz CT molecular complexity index is 1210. The molecule has 6 nitrogen and oxygen atoms in total. The highest BCUT2D eigenvalue weighted by Crippen LogP contribution is 2.33. The molecule has 0 unspecified atom stereocenters. The van der Waals surface area contributed by atoms with Crippen LogP contribution in [-0.2, 0) is 5.92 Å². The van der Waals surface area contributed by atoms with E-state index in [1.165, 1.54) is 19.1 Å². The van der Waals surface area contributed by atoms with Crippen LogP contribution in [0, 0.1) is 18.6 Å². The Kier molecular flexibility index (Phi) is 6.45. The van der Waals surface area contributed by atoms with E-state index in [0.29, 0.717) is 10.2 Å². The summed E-state index contributed by atoms with van der Waals surface area (Å²) in [6, 6.07) is 8.37. The van der Waals surface area contributed by atoms with E-state index >= 15 is 0 Å². The number of para-hydroxylation sites is 1. The molecule has 0 radical (unpaired) electrons. The number of aromatic nitrogens is 2. The van der Waals surface area contributed by atoms with Gasteiger partial charge in [0.15, 0.2) is 11.6 Å². The van der Waals surface area contributed by atoms with E-state index in [2.05, 4.69) is 10.4 Å². The number of alkyl halides is 2. The lowest BCUT2D eigenvalue weighted by atomic mass is 9.94. The van der Waals surface area contributed by atoms with Gasteiger partial charge in [-0.3, -0.25) is 9.59 Å². The molecule has 0 saturated heterocycles. The molecule has 32 heavy (non-hydrogen) atoms. The van der Waals surface area contributed by atoms with Crippen molar-refractivity contribution in [1.29, 1.82) is 0 Å². The first kappa shape index (κ1) is 23.1. The van der Waals surface area contributed by atoms with Crippen LogP contribution in [0.4, 0.5) is 17.6 Å². The van der Waals surface area contributed by atoms with Gasteiger partial charge in [-0.1, -0.05) is 24.3 Å². The largest absolute Gasteiger partial charge is 0.390 e. The van der Waals surface area contributed by atoms with Crippen molar-refractivity contribution in [1.82, 2.24) is 15.1 Å². The first-order valence-corrected chi connectivity index (χ1v) is 9.51. The van der Waals surface area contributed by atoms with Gasteiger partial charge in [-0.2, -0.15) is 18.6 Å². The summed E-state index contributed by atoms with van der Waals surface area (Å²) in [6.07, 6.45) is 0. The quantitative estimate of drug-likeness (QED) is 0.565. The summed E-state index contributed by atoms with van der Waals surface area (Å²) < 4.78 is 56.5. The molecule has 0 spiro atoms. The minimum atomic E-state index is -3.45. The highest BCUT2D eigenvalue weighted by atomic mass is 19.3. The van der Waals surface area contributed by atoms with E-state index in [1.807, 2.05) is 0 Å². The summed E-state index contributed by atoms with van der Waals surface area (Å²) in [5.41, 5.74) is -1.71. The van der Waals surface area contributed by atoms with Crippen molar-refractivity contribution in [2.45, 2.75) is 25.8 Å². The first-order chi connectivity index (χ1) is 15.1. The van der Waals surface area contributed by atoms with Gasteiger partial charge in [0, 0.05) is 11.6 Å². The molecule has 2 N–H and O–H groups in total. The molecule has 10 heteroatoms. The Morgan fingerprint density at radius 3 is 2.38 bits per heavy atom. The molecule has 1 aromatic heterocycles. The predicted molar refractivity (Wildman–Crippen MR) is 108 cm³/mol. The molecule has 3 aromatic rings. The summed E-state index contributed by atoms with van der Waals surface area (Å²) in [5, 5.41) is 15.3. The number of nitrogens with zero attached hydrogens (tertiary/aromatic N) is 2. The predicted octanol–water partition coefficient (Wildman–Crippen LogP) is 3.39. The zero-order valence-electron chi connectivity index (χ0n) is 17.1. The summed E-state index contributed by atoms with van der Waals surface area (Å²) in [6.45, 7) is 1.63. The SMILES string of the molecule is Cc1c([C@@H](C)NC(=O)c2ccc(=O)n(-c3c(F)cccc3F)n2)cccc1C(F)(F)CO. The van der Waals surface area contributed by atoms with Crippen LogP contribution in [0.5, 0.6) is 0 Å². The number of hydrogen-bond acceptors (Lipinski definition) is 4. The van der Waals surface area contributed by atoms with Crippen molar-refractivity contribution in [3.8, 4) is 5.69 Å². The molecular formula is C22H19F4N3O3. The van der Waals surface area contributed by atoms with Crippen molar-refractivity contribution in [2.75, 3.05) is 6.61 Å². The average molecular weight is 449 g/mol. The molecule has 1 heterocycles. The van der Waals surface area contributed by atoms with E-state index in [1.54, 1.807) is 13.0 Å². The molecule has 1 amide bonds. The molecular weight excluding hydrogens is 430 g/mol. The van der Waals surface area contributed by atoms with Crippen LogP contribution in [0.1, 0.15) is 40.1 Å². The van der Waals surface area contributed by atoms with Gasteiger partial charge in [0.25, 0.3) is 17.4 Å². The molecule has 1 atom stereocenters. The Balaban J connectivity index is 1.92. The molecule has 0 fully saturated rings. The number of carbonyl (C=O) groups is 1. The maximum atomic E-state index is 14.1. The number of rotatable bonds is 6. The third kappa shape index (κ3) is 4.40. The van der Waals surface area contributed by atoms with Gasteiger partial charge < -0.3 is 10.4 Å². The Hall–Kier alpha value is -3.53. The van der Waals surface area contributed by atoms with Gasteiger partial charge in [-0.25, -0.2) is 8.78 Å². The maximum Gasteiger partial charge on any atom is 0.296 e. The topological polar surface area (TPSA) is 84.2 Å². The molecule has 0 saturated carbocycles. The zero-order chi connectivity index (χ0) is 23.6. The fraction of sp³-hybridized carbons (Fsp3) is 0.227. The molecule has 3 rings (SSSR count). The number of benzene rings is 2. The highest BCUT2D eigenvalue weighted by Gasteiger charge is 2.33. The van der Waals surface area contributed by atoms with Gasteiger partial charge in [0.2, 0.25) is 0 Å². The average Bonchev–Trinajstić information content (AvgIpc) is 2.74. The minimum absolute atomic E-state index is 0.186. The van der Waals surface area contributed by atoms with Gasteiger partial charge in [-0.05, 0) is 43.2 Å². The van der Waals surface area contributed by atoms with Crippen LogP contribution in [0.2, 0.25) is 0 Å². The molecule has 0 aliphatic carbocycles. The molecule has 0 bridgehead atoms. The number of halogens is 4. The standard InChI is InChI=1S/C22H19F4N3O3/c1-12-14(5-3-6-15(12)22(25,26)11-30)13(2)27-21(32)18-9-10-19(31)29(28-18)20-16(23)7-4-8-17(20)24/h3-10,13,30H,11H2,1-2H3,(H,27,32)/t13-/m1/s1.